The van der Waals surface area contributed by atoms with Crippen molar-refractivity contribution >= 4 is 0 Å². The van der Waals surface area contributed by atoms with Crippen molar-refractivity contribution < 1.29 is 4.74 Å². The van der Waals surface area contributed by atoms with E-state index >= 15 is 0 Å². The Morgan fingerprint density at radius 2 is 1.93 bits per heavy atom. The van der Waals surface area contributed by atoms with Gasteiger partial charge >= 0.3 is 0 Å². The molecule has 0 amide bonds. The van der Waals surface area contributed by atoms with E-state index in [1.165, 1.54) is 44.9 Å². The highest BCUT2D eigenvalue weighted by molar-refractivity contribution is 5.02. The Labute approximate surface area is 88.5 Å². The van der Waals surface area contributed by atoms with Crippen LogP contribution in [0.5, 0.6) is 0 Å². The van der Waals surface area contributed by atoms with E-state index in [1.54, 1.807) is 0 Å². The van der Waals surface area contributed by atoms with Crippen LogP contribution in [0.1, 0.15) is 58.8 Å². The summed E-state index contributed by atoms with van der Waals surface area (Å²) in [6.45, 7) is 4.46. The van der Waals surface area contributed by atoms with E-state index in [4.69, 9.17) is 4.74 Å². The van der Waals surface area contributed by atoms with Crippen LogP contribution >= 0.6 is 0 Å². The number of hydrogen-bond acceptors (Lipinski definition) is 1. The fourth-order valence-electron chi connectivity index (χ4n) is 1.73. The summed E-state index contributed by atoms with van der Waals surface area (Å²) in [4.78, 5) is 0. The van der Waals surface area contributed by atoms with Crippen molar-refractivity contribution in [3.8, 4) is 0 Å². The van der Waals surface area contributed by atoms with E-state index in [0.717, 1.165) is 0 Å². The second kappa shape index (κ2) is 7.05. The maximum atomic E-state index is 5.56. The number of hydrogen-bond donors (Lipinski definition) is 0. The first-order chi connectivity index (χ1) is 6.88. The van der Waals surface area contributed by atoms with E-state index in [0.29, 0.717) is 12.2 Å². The molecule has 82 valence electrons. The predicted octanol–water partition coefficient (Wildman–Crippen LogP) is 4.08. The Balaban J connectivity index is 1.92. The van der Waals surface area contributed by atoms with Crippen LogP contribution < -0.4 is 0 Å². The molecular formula is C13H24O. The van der Waals surface area contributed by atoms with Crippen molar-refractivity contribution in [2.75, 3.05) is 0 Å². The summed E-state index contributed by atoms with van der Waals surface area (Å²) >= 11 is 0. The van der Waals surface area contributed by atoms with Gasteiger partial charge in [0.25, 0.3) is 0 Å². The lowest BCUT2D eigenvalue weighted by Crippen LogP contribution is -1.90. The van der Waals surface area contributed by atoms with Crippen LogP contribution in [0.2, 0.25) is 0 Å². The lowest BCUT2D eigenvalue weighted by molar-refractivity contribution is 0.372. The maximum Gasteiger partial charge on any atom is 0.102 e. The molecule has 0 aromatic rings. The molecule has 0 N–H and O–H groups in total. The minimum absolute atomic E-state index is 0.461. The van der Waals surface area contributed by atoms with Crippen LogP contribution in [0.15, 0.2) is 12.2 Å². The van der Waals surface area contributed by atoms with Gasteiger partial charge in [-0.3, -0.25) is 0 Å². The van der Waals surface area contributed by atoms with Gasteiger partial charge in [-0.2, -0.15) is 0 Å². The first kappa shape index (κ1) is 11.8. The summed E-state index contributed by atoms with van der Waals surface area (Å²) in [5.74, 6) is 0. The summed E-state index contributed by atoms with van der Waals surface area (Å²) in [6.07, 6.45) is 14.6. The number of ether oxygens (including phenoxy) is 1. The quantitative estimate of drug-likeness (QED) is 0.324. The SMILES string of the molecule is CCC/C=C/[C@H]1O[C@@H]1CCCCCC. The summed E-state index contributed by atoms with van der Waals surface area (Å²) in [5.41, 5.74) is 0. The number of allylic oxidation sites excluding steroid dienone is 1. The van der Waals surface area contributed by atoms with E-state index in [-0.39, 0.29) is 0 Å². The molecule has 1 rings (SSSR count). The monoisotopic (exact) mass is 196 g/mol. The van der Waals surface area contributed by atoms with Gasteiger partial charge in [0.2, 0.25) is 0 Å². The summed E-state index contributed by atoms with van der Waals surface area (Å²) in [5, 5.41) is 0. The molecule has 2 atom stereocenters. The molecule has 0 radical (unpaired) electrons. The smallest absolute Gasteiger partial charge is 0.102 e. The molecule has 0 spiro atoms. The van der Waals surface area contributed by atoms with Gasteiger partial charge in [0.1, 0.15) is 6.10 Å². The molecule has 1 heterocycles. The molecule has 1 heteroatoms. The van der Waals surface area contributed by atoms with Crippen LogP contribution in [-0.2, 0) is 4.74 Å². The highest BCUT2D eigenvalue weighted by Gasteiger charge is 2.35. The molecule has 0 aromatic heterocycles. The van der Waals surface area contributed by atoms with Crippen LogP contribution in [0.25, 0.3) is 0 Å². The second-order valence-electron chi connectivity index (χ2n) is 4.21. The molecule has 0 unspecified atom stereocenters. The van der Waals surface area contributed by atoms with Gasteiger partial charge in [-0.25, -0.2) is 0 Å². The number of epoxide rings is 1. The van der Waals surface area contributed by atoms with Gasteiger partial charge in [0, 0.05) is 0 Å². The van der Waals surface area contributed by atoms with Crippen molar-refractivity contribution in [3.63, 3.8) is 0 Å². The van der Waals surface area contributed by atoms with E-state index in [1.807, 2.05) is 0 Å². The zero-order valence-corrected chi connectivity index (χ0v) is 9.67. The van der Waals surface area contributed by atoms with Crippen LogP contribution in [0.3, 0.4) is 0 Å². The van der Waals surface area contributed by atoms with Gasteiger partial charge in [-0.05, 0) is 12.8 Å². The average molecular weight is 196 g/mol. The third-order valence-corrected chi connectivity index (χ3v) is 2.75. The Bertz CT molecular complexity index is 163. The molecule has 1 saturated heterocycles. The zero-order valence-electron chi connectivity index (χ0n) is 9.67. The van der Waals surface area contributed by atoms with Crippen LogP contribution in [-0.4, -0.2) is 12.2 Å². The third-order valence-electron chi connectivity index (χ3n) is 2.75. The Hall–Kier alpha value is -0.300. The minimum atomic E-state index is 0.461. The standard InChI is InChI=1S/C13H24O/c1-3-5-7-9-11-13-12(14-13)10-8-6-4-2/h8,10,12-13H,3-7,9,11H2,1-2H3/b10-8+/t12-,13-/m1/s1. The van der Waals surface area contributed by atoms with E-state index in [2.05, 4.69) is 26.0 Å². The molecule has 0 aliphatic carbocycles. The molecule has 1 aliphatic rings. The van der Waals surface area contributed by atoms with Gasteiger partial charge in [0.15, 0.2) is 0 Å². The topological polar surface area (TPSA) is 12.5 Å². The molecule has 1 aliphatic heterocycles. The molecular weight excluding hydrogens is 172 g/mol. The highest BCUT2D eigenvalue weighted by Crippen LogP contribution is 2.28. The predicted molar refractivity (Wildman–Crippen MR) is 61.5 cm³/mol. The van der Waals surface area contributed by atoms with Crippen molar-refractivity contribution in [1.29, 1.82) is 0 Å². The van der Waals surface area contributed by atoms with Crippen molar-refractivity contribution in [2.24, 2.45) is 0 Å². The zero-order chi connectivity index (χ0) is 10.2. The first-order valence-corrected chi connectivity index (χ1v) is 6.20. The molecule has 1 fully saturated rings. The largest absolute Gasteiger partial charge is 0.365 e. The van der Waals surface area contributed by atoms with Crippen molar-refractivity contribution in [1.82, 2.24) is 0 Å². The Morgan fingerprint density at radius 3 is 2.64 bits per heavy atom. The van der Waals surface area contributed by atoms with Gasteiger partial charge in [-0.1, -0.05) is 58.1 Å². The Morgan fingerprint density at radius 1 is 1.07 bits per heavy atom. The van der Waals surface area contributed by atoms with Crippen LogP contribution in [0, 0.1) is 0 Å². The molecule has 0 aromatic carbocycles. The first-order valence-electron chi connectivity index (χ1n) is 6.20. The van der Waals surface area contributed by atoms with Gasteiger partial charge in [-0.15, -0.1) is 0 Å². The lowest BCUT2D eigenvalue weighted by Gasteiger charge is -1.94. The van der Waals surface area contributed by atoms with Gasteiger partial charge < -0.3 is 4.74 Å². The van der Waals surface area contributed by atoms with Gasteiger partial charge in [0.05, 0.1) is 6.10 Å². The second-order valence-corrected chi connectivity index (χ2v) is 4.21. The Kier molecular flexibility index (Phi) is 5.93. The normalized spacial score (nSPS) is 25.9. The van der Waals surface area contributed by atoms with Crippen molar-refractivity contribution in [3.05, 3.63) is 12.2 Å². The maximum absolute atomic E-state index is 5.56. The van der Waals surface area contributed by atoms with Crippen molar-refractivity contribution in [2.45, 2.75) is 71.0 Å². The summed E-state index contributed by atoms with van der Waals surface area (Å²) in [7, 11) is 0. The van der Waals surface area contributed by atoms with E-state index < -0.39 is 0 Å². The average Bonchev–Trinajstić information content (AvgIpc) is 2.92. The third kappa shape index (κ3) is 4.80. The minimum Gasteiger partial charge on any atom is -0.365 e. The molecule has 0 saturated carbocycles. The lowest BCUT2D eigenvalue weighted by atomic mass is 10.1. The van der Waals surface area contributed by atoms with E-state index in [9.17, 15) is 0 Å². The summed E-state index contributed by atoms with van der Waals surface area (Å²) < 4.78 is 5.56. The molecule has 0 bridgehead atoms. The number of unbranched alkanes of at least 4 members (excludes halogenated alkanes) is 4. The highest BCUT2D eigenvalue weighted by atomic mass is 16.6. The van der Waals surface area contributed by atoms with Crippen LogP contribution in [0.4, 0.5) is 0 Å². The summed E-state index contributed by atoms with van der Waals surface area (Å²) in [6, 6.07) is 0. The fraction of sp³-hybridized carbons (Fsp3) is 0.846. The fourth-order valence-corrected chi connectivity index (χ4v) is 1.73. The number of rotatable bonds is 8. The molecule has 1 nitrogen and oxygen atoms in total. The molecule has 14 heavy (non-hydrogen) atoms.